The van der Waals surface area contributed by atoms with Crippen LogP contribution in [0.1, 0.15) is 24.8 Å². The number of benzene rings is 2. The smallest absolute Gasteiger partial charge is 0.272 e. The monoisotopic (exact) mass is 386 g/mol. The van der Waals surface area contributed by atoms with Crippen LogP contribution in [0.3, 0.4) is 0 Å². The summed E-state index contributed by atoms with van der Waals surface area (Å²) < 4.78 is 2.18. The fraction of sp³-hybridized carbons (Fsp3) is 0.292. The van der Waals surface area contributed by atoms with Gasteiger partial charge in [-0.3, -0.25) is 15.2 Å². The van der Waals surface area contributed by atoms with Crippen molar-refractivity contribution < 1.29 is 4.79 Å². The van der Waals surface area contributed by atoms with Crippen LogP contribution in [0.25, 0.3) is 22.8 Å². The maximum atomic E-state index is 13.6. The maximum Gasteiger partial charge on any atom is 0.272 e. The molecule has 1 aromatic heterocycles. The van der Waals surface area contributed by atoms with Crippen LogP contribution in [-0.2, 0) is 11.8 Å². The molecule has 0 unspecified atom stereocenters. The number of aryl methyl sites for hydroxylation is 2. The minimum absolute atomic E-state index is 0.0903. The van der Waals surface area contributed by atoms with Crippen LogP contribution < -0.4 is 21.0 Å². The van der Waals surface area contributed by atoms with Gasteiger partial charge in [0.15, 0.2) is 0 Å². The largest absolute Gasteiger partial charge is 0.342 e. The summed E-state index contributed by atoms with van der Waals surface area (Å²) in [5, 5.41) is 5.13. The number of likely N-dealkylation sites (tertiary alicyclic amines) is 1. The molecule has 29 heavy (non-hydrogen) atoms. The number of hydrazine groups is 1. The first-order valence-corrected chi connectivity index (χ1v) is 10.3. The second-order valence-corrected chi connectivity index (χ2v) is 8.01. The SMILES string of the molecule is Cc1ccc(N2C=c3c(c4ccccc4n3C)=C(C(=O)N3CCCCC3)N2)cc1. The highest BCUT2D eigenvalue weighted by atomic mass is 16.2. The van der Waals surface area contributed by atoms with E-state index in [1.807, 2.05) is 22.0 Å². The number of anilines is 1. The Morgan fingerprint density at radius 1 is 0.966 bits per heavy atom. The van der Waals surface area contributed by atoms with Gasteiger partial charge in [-0.1, -0.05) is 35.9 Å². The van der Waals surface area contributed by atoms with Gasteiger partial charge in [-0.15, -0.1) is 0 Å². The van der Waals surface area contributed by atoms with Crippen molar-refractivity contribution in [1.82, 2.24) is 14.9 Å². The molecule has 148 valence electrons. The fourth-order valence-electron chi connectivity index (χ4n) is 4.41. The van der Waals surface area contributed by atoms with Crippen molar-refractivity contribution >= 4 is 34.4 Å². The molecule has 0 bridgehead atoms. The Bertz CT molecular complexity index is 1200. The van der Waals surface area contributed by atoms with Crippen LogP contribution in [0, 0.1) is 6.92 Å². The number of hydrogen-bond acceptors (Lipinski definition) is 3. The first-order chi connectivity index (χ1) is 14.1. The summed E-state index contributed by atoms with van der Waals surface area (Å²) in [6, 6.07) is 16.6. The quantitative estimate of drug-likeness (QED) is 0.735. The number of hydrogen-bond donors (Lipinski definition) is 1. The summed E-state index contributed by atoms with van der Waals surface area (Å²) >= 11 is 0. The number of nitrogens with zero attached hydrogens (tertiary/aromatic N) is 3. The molecule has 1 amide bonds. The van der Waals surface area contributed by atoms with Gasteiger partial charge in [-0.25, -0.2) is 0 Å². The molecule has 2 aliphatic heterocycles. The molecule has 2 aliphatic rings. The van der Waals surface area contributed by atoms with Crippen molar-refractivity contribution in [3.63, 3.8) is 0 Å². The van der Waals surface area contributed by atoms with Crippen molar-refractivity contribution in [3.8, 4) is 0 Å². The Balaban J connectivity index is 1.73. The Kier molecular flexibility index (Phi) is 4.31. The number of nitrogens with one attached hydrogen (secondary N) is 1. The zero-order valence-electron chi connectivity index (χ0n) is 17.0. The Labute approximate surface area is 170 Å². The van der Waals surface area contributed by atoms with Crippen molar-refractivity contribution in [3.05, 3.63) is 64.7 Å². The summed E-state index contributed by atoms with van der Waals surface area (Å²) in [7, 11) is 2.07. The number of rotatable bonds is 2. The highest BCUT2D eigenvalue weighted by Crippen LogP contribution is 2.19. The second-order valence-electron chi connectivity index (χ2n) is 8.01. The number of aromatic nitrogens is 1. The number of carbonyl (C=O) groups is 1. The molecule has 0 spiro atoms. The van der Waals surface area contributed by atoms with Crippen LogP contribution in [0.15, 0.2) is 48.5 Å². The number of fused-ring (bicyclic) bond motifs is 3. The molecular formula is C24H26N4O. The van der Waals surface area contributed by atoms with Crippen molar-refractivity contribution in [1.29, 1.82) is 0 Å². The number of piperidine rings is 1. The van der Waals surface area contributed by atoms with Crippen LogP contribution in [0.4, 0.5) is 5.69 Å². The van der Waals surface area contributed by atoms with Gasteiger partial charge >= 0.3 is 0 Å². The second kappa shape index (κ2) is 6.99. The average molecular weight is 386 g/mol. The van der Waals surface area contributed by atoms with E-state index < -0.39 is 0 Å². The lowest BCUT2D eigenvalue weighted by molar-refractivity contribution is -0.126. The molecule has 1 N–H and O–H groups in total. The molecule has 1 saturated heterocycles. The third-order valence-electron chi connectivity index (χ3n) is 6.06. The third-order valence-corrected chi connectivity index (χ3v) is 6.06. The summed E-state index contributed by atoms with van der Waals surface area (Å²) in [5.74, 6) is 0.0903. The van der Waals surface area contributed by atoms with Crippen molar-refractivity contribution in [2.24, 2.45) is 7.05 Å². The maximum absolute atomic E-state index is 13.6. The van der Waals surface area contributed by atoms with Gasteiger partial charge in [0.05, 0.1) is 17.2 Å². The van der Waals surface area contributed by atoms with E-state index in [2.05, 4.69) is 66.6 Å². The van der Waals surface area contributed by atoms with Crippen molar-refractivity contribution in [2.75, 3.05) is 18.1 Å². The van der Waals surface area contributed by atoms with Gasteiger partial charge < -0.3 is 9.47 Å². The Morgan fingerprint density at radius 2 is 1.69 bits per heavy atom. The average Bonchev–Trinajstić information content (AvgIpc) is 3.06. The molecule has 2 aromatic carbocycles. The van der Waals surface area contributed by atoms with Gasteiger partial charge in [0.2, 0.25) is 0 Å². The van der Waals surface area contributed by atoms with Crippen LogP contribution >= 0.6 is 0 Å². The van der Waals surface area contributed by atoms with E-state index in [1.165, 1.54) is 12.0 Å². The standard InChI is InChI=1S/C24H26N4O/c1-17-10-12-18(13-11-17)28-16-21-22(19-8-4-5-9-20(19)26(21)2)23(25-28)24(29)27-14-6-3-7-15-27/h4-5,8-13,16,25H,3,6-7,14-15H2,1-2H3. The number of carbonyl (C=O) groups excluding carboxylic acids is 1. The van der Waals surface area contributed by atoms with E-state index in [4.69, 9.17) is 0 Å². The zero-order valence-corrected chi connectivity index (χ0v) is 17.0. The Morgan fingerprint density at radius 3 is 2.45 bits per heavy atom. The molecule has 5 heteroatoms. The molecule has 0 aliphatic carbocycles. The van der Waals surface area contributed by atoms with E-state index in [1.54, 1.807) is 0 Å². The van der Waals surface area contributed by atoms with Crippen LogP contribution in [0.2, 0.25) is 0 Å². The lowest BCUT2D eigenvalue weighted by atomic mass is 10.1. The molecule has 5 nitrogen and oxygen atoms in total. The first-order valence-electron chi connectivity index (χ1n) is 10.3. The first kappa shape index (κ1) is 17.9. The predicted molar refractivity (Wildman–Crippen MR) is 117 cm³/mol. The van der Waals surface area contributed by atoms with E-state index in [-0.39, 0.29) is 5.91 Å². The van der Waals surface area contributed by atoms with Gasteiger partial charge in [0, 0.05) is 36.3 Å². The zero-order chi connectivity index (χ0) is 20.0. The molecule has 3 heterocycles. The topological polar surface area (TPSA) is 40.5 Å². The van der Waals surface area contributed by atoms with E-state index in [9.17, 15) is 4.79 Å². The lowest BCUT2D eigenvalue weighted by Crippen LogP contribution is -2.52. The summed E-state index contributed by atoms with van der Waals surface area (Å²) in [4.78, 5) is 15.6. The lowest BCUT2D eigenvalue weighted by Gasteiger charge is -2.31. The van der Waals surface area contributed by atoms with Gasteiger partial charge in [0.25, 0.3) is 5.91 Å². The van der Waals surface area contributed by atoms with E-state index >= 15 is 0 Å². The number of amides is 1. The van der Waals surface area contributed by atoms with E-state index in [0.717, 1.165) is 53.1 Å². The molecule has 0 atom stereocenters. The van der Waals surface area contributed by atoms with Crippen LogP contribution in [0.5, 0.6) is 0 Å². The van der Waals surface area contributed by atoms with Gasteiger partial charge in [-0.2, -0.15) is 0 Å². The van der Waals surface area contributed by atoms with Gasteiger partial charge in [0.1, 0.15) is 5.70 Å². The number of para-hydroxylation sites is 1. The minimum atomic E-state index is 0.0903. The summed E-state index contributed by atoms with van der Waals surface area (Å²) in [6.07, 6.45) is 5.45. The summed E-state index contributed by atoms with van der Waals surface area (Å²) in [6.45, 7) is 3.74. The molecular weight excluding hydrogens is 360 g/mol. The Hall–Kier alpha value is -3.21. The summed E-state index contributed by atoms with van der Waals surface area (Å²) in [5.41, 5.74) is 7.46. The molecule has 3 aromatic rings. The fourth-order valence-corrected chi connectivity index (χ4v) is 4.41. The van der Waals surface area contributed by atoms with Crippen LogP contribution in [-0.4, -0.2) is 28.5 Å². The normalized spacial score (nSPS) is 16.4. The minimum Gasteiger partial charge on any atom is -0.342 e. The highest BCUT2D eigenvalue weighted by Gasteiger charge is 2.26. The highest BCUT2D eigenvalue weighted by molar-refractivity contribution is 6.15. The van der Waals surface area contributed by atoms with E-state index in [0.29, 0.717) is 5.70 Å². The van der Waals surface area contributed by atoms with Crippen molar-refractivity contribution in [2.45, 2.75) is 26.2 Å². The molecule has 0 saturated carbocycles. The molecule has 0 radical (unpaired) electrons. The van der Waals surface area contributed by atoms with Gasteiger partial charge in [-0.05, 0) is 44.4 Å². The predicted octanol–water partition coefficient (Wildman–Crippen LogP) is 2.37. The molecule has 1 fully saturated rings. The molecule has 5 rings (SSSR count). The third kappa shape index (κ3) is 2.97.